The lowest BCUT2D eigenvalue weighted by atomic mass is 10.3. The number of nitrogens with one attached hydrogen (secondary N) is 1. The second-order valence-corrected chi connectivity index (χ2v) is 4.78. The van der Waals surface area contributed by atoms with Gasteiger partial charge in [0, 0.05) is 24.7 Å². The van der Waals surface area contributed by atoms with E-state index in [2.05, 4.69) is 20.4 Å². The first-order chi connectivity index (χ1) is 9.67. The molecular weight excluding hydrogens is 256 g/mol. The Hall–Kier alpha value is -2.44. The number of hydrogen-bond acceptors (Lipinski definition) is 5. The van der Waals surface area contributed by atoms with E-state index in [9.17, 15) is 4.79 Å². The lowest BCUT2D eigenvalue weighted by molar-refractivity contribution is 0.0995. The van der Waals surface area contributed by atoms with Crippen molar-refractivity contribution in [1.29, 1.82) is 0 Å². The molecule has 0 spiro atoms. The monoisotopic (exact) mass is 272 g/mol. The predicted molar refractivity (Wildman–Crippen MR) is 73.8 cm³/mol. The summed E-state index contributed by atoms with van der Waals surface area (Å²) in [5, 5.41) is 7.31. The van der Waals surface area contributed by atoms with E-state index in [1.165, 1.54) is 0 Å². The molecule has 2 aromatic heterocycles. The fourth-order valence-corrected chi connectivity index (χ4v) is 1.95. The van der Waals surface area contributed by atoms with Gasteiger partial charge in [0.2, 0.25) is 0 Å². The van der Waals surface area contributed by atoms with Crippen molar-refractivity contribution in [2.45, 2.75) is 25.7 Å². The van der Waals surface area contributed by atoms with Crippen molar-refractivity contribution in [1.82, 2.24) is 19.7 Å². The van der Waals surface area contributed by atoms with Gasteiger partial charge in [0.1, 0.15) is 17.3 Å². The highest BCUT2D eigenvalue weighted by Gasteiger charge is 2.27. The number of aromatic nitrogens is 4. The zero-order valence-electron chi connectivity index (χ0n) is 11.2. The highest BCUT2D eigenvalue weighted by atomic mass is 16.1. The topological polar surface area (TPSA) is 98.7 Å². The summed E-state index contributed by atoms with van der Waals surface area (Å²) in [6.45, 7) is 2.80. The van der Waals surface area contributed by atoms with Crippen LogP contribution in [0.5, 0.6) is 0 Å². The molecule has 0 bridgehead atoms. The second kappa shape index (κ2) is 4.92. The first-order valence-electron chi connectivity index (χ1n) is 6.66. The SMILES string of the molecule is CCNc1cc(-n2ccc(C(N)=O)n2)nc(C2CC2)n1. The van der Waals surface area contributed by atoms with Crippen LogP contribution in [0.1, 0.15) is 42.0 Å². The van der Waals surface area contributed by atoms with E-state index in [0.717, 1.165) is 31.0 Å². The number of anilines is 1. The van der Waals surface area contributed by atoms with Crippen LogP contribution in [0.15, 0.2) is 18.3 Å². The molecule has 3 rings (SSSR count). The van der Waals surface area contributed by atoms with Crippen LogP contribution in [-0.4, -0.2) is 32.2 Å². The van der Waals surface area contributed by atoms with Crippen LogP contribution >= 0.6 is 0 Å². The van der Waals surface area contributed by atoms with Gasteiger partial charge in [-0.25, -0.2) is 14.6 Å². The molecule has 104 valence electrons. The largest absolute Gasteiger partial charge is 0.370 e. The van der Waals surface area contributed by atoms with Gasteiger partial charge < -0.3 is 11.1 Å². The van der Waals surface area contributed by atoms with Crippen molar-refractivity contribution in [2.75, 3.05) is 11.9 Å². The zero-order valence-corrected chi connectivity index (χ0v) is 11.2. The Kier molecular flexibility index (Phi) is 3.09. The molecule has 20 heavy (non-hydrogen) atoms. The summed E-state index contributed by atoms with van der Waals surface area (Å²) < 4.78 is 1.55. The number of rotatable bonds is 5. The van der Waals surface area contributed by atoms with Crippen LogP contribution in [0.3, 0.4) is 0 Å². The molecule has 7 heteroatoms. The van der Waals surface area contributed by atoms with E-state index in [1.807, 2.05) is 13.0 Å². The van der Waals surface area contributed by atoms with E-state index < -0.39 is 5.91 Å². The fraction of sp³-hybridized carbons (Fsp3) is 0.385. The van der Waals surface area contributed by atoms with Crippen molar-refractivity contribution in [3.8, 4) is 5.82 Å². The normalized spacial score (nSPS) is 14.2. The average molecular weight is 272 g/mol. The van der Waals surface area contributed by atoms with Gasteiger partial charge >= 0.3 is 0 Å². The minimum Gasteiger partial charge on any atom is -0.370 e. The van der Waals surface area contributed by atoms with Gasteiger partial charge in [-0.2, -0.15) is 5.10 Å². The summed E-state index contributed by atoms with van der Waals surface area (Å²) in [4.78, 5) is 20.1. The van der Waals surface area contributed by atoms with Gasteiger partial charge in [-0.1, -0.05) is 0 Å². The maximum absolute atomic E-state index is 11.1. The smallest absolute Gasteiger partial charge is 0.269 e. The molecule has 2 heterocycles. The van der Waals surface area contributed by atoms with Crippen molar-refractivity contribution >= 4 is 11.7 Å². The molecule has 1 fully saturated rings. The number of hydrogen-bond donors (Lipinski definition) is 2. The third-order valence-electron chi connectivity index (χ3n) is 3.11. The van der Waals surface area contributed by atoms with E-state index >= 15 is 0 Å². The molecular formula is C13H16N6O. The zero-order chi connectivity index (χ0) is 14.1. The average Bonchev–Trinajstić information content (AvgIpc) is 3.15. The Labute approximate surface area is 116 Å². The molecule has 1 saturated carbocycles. The Morgan fingerprint density at radius 1 is 1.50 bits per heavy atom. The van der Waals surface area contributed by atoms with Gasteiger partial charge in [0.25, 0.3) is 5.91 Å². The Morgan fingerprint density at radius 2 is 2.30 bits per heavy atom. The first-order valence-corrected chi connectivity index (χ1v) is 6.66. The highest BCUT2D eigenvalue weighted by Crippen LogP contribution is 2.38. The Bertz CT molecular complexity index is 646. The van der Waals surface area contributed by atoms with Crippen LogP contribution < -0.4 is 11.1 Å². The number of nitrogens with two attached hydrogens (primary N) is 1. The molecule has 0 unspecified atom stereocenters. The molecule has 1 aliphatic carbocycles. The van der Waals surface area contributed by atoms with Gasteiger partial charge in [-0.3, -0.25) is 4.79 Å². The fourth-order valence-electron chi connectivity index (χ4n) is 1.95. The molecule has 1 aliphatic rings. The summed E-state index contributed by atoms with van der Waals surface area (Å²) in [6.07, 6.45) is 3.93. The molecule has 2 aromatic rings. The number of carbonyl (C=O) groups excluding carboxylic acids is 1. The van der Waals surface area contributed by atoms with Crippen LogP contribution in [0.25, 0.3) is 5.82 Å². The standard InChI is InChI=1S/C13H16N6O/c1-2-15-10-7-11(17-13(16-10)8-3-4-8)19-6-5-9(18-19)12(14)20/h5-8H,2-4H2,1H3,(H2,14,20)(H,15,16,17). The van der Waals surface area contributed by atoms with Crippen LogP contribution in [0, 0.1) is 0 Å². The molecule has 0 atom stereocenters. The predicted octanol–water partition coefficient (Wildman–Crippen LogP) is 1.07. The third-order valence-corrected chi connectivity index (χ3v) is 3.11. The number of amides is 1. The third kappa shape index (κ3) is 2.47. The molecule has 1 amide bonds. The van der Waals surface area contributed by atoms with Crippen molar-refractivity contribution in [3.05, 3.63) is 29.8 Å². The second-order valence-electron chi connectivity index (χ2n) is 4.78. The molecule has 7 nitrogen and oxygen atoms in total. The van der Waals surface area contributed by atoms with E-state index in [-0.39, 0.29) is 5.69 Å². The Morgan fingerprint density at radius 3 is 2.90 bits per heavy atom. The van der Waals surface area contributed by atoms with Crippen LogP contribution in [0.2, 0.25) is 0 Å². The van der Waals surface area contributed by atoms with Crippen LogP contribution in [0.4, 0.5) is 5.82 Å². The maximum atomic E-state index is 11.1. The maximum Gasteiger partial charge on any atom is 0.269 e. The van der Waals surface area contributed by atoms with Gasteiger partial charge in [-0.05, 0) is 25.8 Å². The molecule has 3 N–H and O–H groups in total. The molecule has 0 radical (unpaired) electrons. The Balaban J connectivity index is 1.99. The van der Waals surface area contributed by atoms with Crippen LogP contribution in [-0.2, 0) is 0 Å². The quantitative estimate of drug-likeness (QED) is 0.848. The summed E-state index contributed by atoms with van der Waals surface area (Å²) in [5.41, 5.74) is 5.43. The highest BCUT2D eigenvalue weighted by molar-refractivity contribution is 5.90. The summed E-state index contributed by atoms with van der Waals surface area (Å²) in [5.74, 6) is 2.14. The van der Waals surface area contributed by atoms with E-state index in [0.29, 0.717) is 11.7 Å². The van der Waals surface area contributed by atoms with Gasteiger partial charge in [-0.15, -0.1) is 0 Å². The molecule has 0 saturated heterocycles. The summed E-state index contributed by atoms with van der Waals surface area (Å²) in [6, 6.07) is 3.39. The summed E-state index contributed by atoms with van der Waals surface area (Å²) >= 11 is 0. The van der Waals surface area contributed by atoms with Crippen molar-refractivity contribution < 1.29 is 4.79 Å². The molecule has 0 aliphatic heterocycles. The minimum atomic E-state index is -0.549. The molecule has 0 aromatic carbocycles. The van der Waals surface area contributed by atoms with Gasteiger partial charge in [0.05, 0.1) is 0 Å². The lowest BCUT2D eigenvalue weighted by Crippen LogP contribution is -2.13. The van der Waals surface area contributed by atoms with E-state index in [1.54, 1.807) is 16.9 Å². The number of primary amides is 1. The van der Waals surface area contributed by atoms with Gasteiger partial charge in [0.15, 0.2) is 5.82 Å². The first kappa shape index (κ1) is 12.6. The van der Waals surface area contributed by atoms with Crippen molar-refractivity contribution in [2.24, 2.45) is 5.73 Å². The minimum absolute atomic E-state index is 0.224. The lowest BCUT2D eigenvalue weighted by Gasteiger charge is -2.08. The van der Waals surface area contributed by atoms with Crippen molar-refractivity contribution in [3.63, 3.8) is 0 Å². The van der Waals surface area contributed by atoms with E-state index in [4.69, 9.17) is 5.73 Å². The number of carbonyl (C=O) groups is 1. The summed E-state index contributed by atoms with van der Waals surface area (Å²) in [7, 11) is 0. The number of nitrogens with zero attached hydrogens (tertiary/aromatic N) is 4.